The van der Waals surface area contributed by atoms with Crippen LogP contribution in [0.2, 0.25) is 0 Å². The summed E-state index contributed by atoms with van der Waals surface area (Å²) in [7, 11) is -3.68. The number of anilines is 1. The Morgan fingerprint density at radius 3 is 2.41 bits per heavy atom. The van der Waals surface area contributed by atoms with Crippen molar-refractivity contribution in [1.82, 2.24) is 4.90 Å². The molecule has 1 fully saturated rings. The second-order valence-electron chi connectivity index (χ2n) is 6.88. The van der Waals surface area contributed by atoms with Crippen molar-refractivity contribution in [2.75, 3.05) is 11.3 Å². The van der Waals surface area contributed by atoms with E-state index in [1.54, 1.807) is 54.6 Å². The smallest absolute Gasteiger partial charge is 0.261 e. The molecule has 1 aliphatic carbocycles. The van der Waals surface area contributed by atoms with E-state index >= 15 is 0 Å². The fourth-order valence-corrected chi connectivity index (χ4v) is 4.73. The molecule has 0 aromatic heterocycles. The van der Waals surface area contributed by atoms with Gasteiger partial charge in [0.15, 0.2) is 0 Å². The topological polar surface area (TPSA) is 66.5 Å². The van der Waals surface area contributed by atoms with E-state index in [9.17, 15) is 13.2 Å². The Balaban J connectivity index is 1.79. The average molecular weight is 387 g/mol. The van der Waals surface area contributed by atoms with Gasteiger partial charge >= 0.3 is 0 Å². The molecule has 0 atom stereocenters. The van der Waals surface area contributed by atoms with Crippen molar-refractivity contribution in [3.05, 3.63) is 60.2 Å². The summed E-state index contributed by atoms with van der Waals surface area (Å²) in [6.07, 6.45) is 5.63. The van der Waals surface area contributed by atoms with Gasteiger partial charge in [0.2, 0.25) is 0 Å². The summed E-state index contributed by atoms with van der Waals surface area (Å²) >= 11 is 0. The highest BCUT2D eigenvalue weighted by atomic mass is 32.2. The quantitative estimate of drug-likeness (QED) is 0.806. The molecule has 1 aliphatic rings. The van der Waals surface area contributed by atoms with Gasteiger partial charge in [0.25, 0.3) is 15.9 Å². The molecule has 2 aromatic rings. The minimum atomic E-state index is -3.68. The third-order valence-electron chi connectivity index (χ3n) is 5.03. The standard InChI is InChI=1S/C21H26N2O3S/c1-2-23(19-12-5-3-6-13-19)21(24)17-10-9-11-18(16-17)22-27(25,26)20-14-7-4-8-15-20/h4,7-11,14-16,19,22H,2-3,5-6,12-13H2,1H3. The maximum Gasteiger partial charge on any atom is 0.261 e. The van der Waals surface area contributed by atoms with Gasteiger partial charge in [-0.15, -0.1) is 0 Å². The first kappa shape index (κ1) is 19.4. The Labute approximate surface area is 161 Å². The van der Waals surface area contributed by atoms with E-state index in [1.807, 2.05) is 11.8 Å². The summed E-state index contributed by atoms with van der Waals surface area (Å²) in [5.74, 6) is -0.0369. The maximum absolute atomic E-state index is 13.0. The van der Waals surface area contributed by atoms with Crippen molar-refractivity contribution in [2.24, 2.45) is 0 Å². The number of nitrogens with zero attached hydrogens (tertiary/aromatic N) is 1. The Morgan fingerprint density at radius 2 is 1.74 bits per heavy atom. The number of benzene rings is 2. The van der Waals surface area contributed by atoms with Gasteiger partial charge in [-0.2, -0.15) is 0 Å². The Morgan fingerprint density at radius 1 is 1.04 bits per heavy atom. The number of carbonyl (C=O) groups is 1. The van der Waals surface area contributed by atoms with Crippen LogP contribution in [0.3, 0.4) is 0 Å². The molecular formula is C21H26N2O3S. The van der Waals surface area contributed by atoms with Crippen LogP contribution in [0, 0.1) is 0 Å². The van der Waals surface area contributed by atoms with E-state index < -0.39 is 10.0 Å². The Kier molecular flexibility index (Phi) is 6.16. The van der Waals surface area contributed by atoms with Gasteiger partial charge in [-0.1, -0.05) is 43.5 Å². The van der Waals surface area contributed by atoms with Crippen molar-refractivity contribution in [3.63, 3.8) is 0 Å². The van der Waals surface area contributed by atoms with Gasteiger partial charge < -0.3 is 4.90 Å². The normalized spacial score (nSPS) is 15.3. The molecule has 0 heterocycles. The number of rotatable bonds is 6. The zero-order valence-electron chi connectivity index (χ0n) is 15.6. The van der Waals surface area contributed by atoms with Crippen LogP contribution in [0.5, 0.6) is 0 Å². The molecule has 27 heavy (non-hydrogen) atoms. The van der Waals surface area contributed by atoms with Gasteiger partial charge in [0.05, 0.1) is 4.90 Å². The second kappa shape index (κ2) is 8.57. The molecule has 1 amide bonds. The Bertz CT molecular complexity index is 875. The SMILES string of the molecule is CCN(C(=O)c1cccc(NS(=O)(=O)c2ccccc2)c1)C1CCCCC1. The summed E-state index contributed by atoms with van der Waals surface area (Å²) in [5, 5.41) is 0. The van der Waals surface area contributed by atoms with Gasteiger partial charge in [0.1, 0.15) is 0 Å². The van der Waals surface area contributed by atoms with Crippen molar-refractivity contribution in [2.45, 2.75) is 50.0 Å². The second-order valence-corrected chi connectivity index (χ2v) is 8.56. The minimum absolute atomic E-state index is 0.0369. The van der Waals surface area contributed by atoms with Crippen LogP contribution >= 0.6 is 0 Å². The number of hydrogen-bond acceptors (Lipinski definition) is 3. The lowest BCUT2D eigenvalue weighted by molar-refractivity contribution is 0.0648. The monoisotopic (exact) mass is 386 g/mol. The molecule has 0 bridgehead atoms. The number of amides is 1. The molecule has 0 aliphatic heterocycles. The highest BCUT2D eigenvalue weighted by Gasteiger charge is 2.25. The molecule has 1 saturated carbocycles. The maximum atomic E-state index is 13.0. The largest absolute Gasteiger partial charge is 0.336 e. The van der Waals surface area contributed by atoms with Crippen molar-refractivity contribution in [1.29, 1.82) is 0 Å². The summed E-state index contributed by atoms with van der Waals surface area (Å²) in [6.45, 7) is 2.65. The highest BCUT2D eigenvalue weighted by molar-refractivity contribution is 7.92. The van der Waals surface area contributed by atoms with E-state index in [0.717, 1.165) is 25.7 Å². The first-order valence-electron chi connectivity index (χ1n) is 9.50. The lowest BCUT2D eigenvalue weighted by atomic mass is 9.93. The third kappa shape index (κ3) is 4.69. The number of carbonyl (C=O) groups excluding carboxylic acids is 1. The van der Waals surface area contributed by atoms with Crippen LogP contribution < -0.4 is 4.72 Å². The molecule has 3 rings (SSSR count). The van der Waals surface area contributed by atoms with Crippen LogP contribution in [0.15, 0.2) is 59.5 Å². The molecule has 0 radical (unpaired) electrons. The van der Waals surface area contributed by atoms with E-state index in [1.165, 1.54) is 6.42 Å². The van der Waals surface area contributed by atoms with Crippen molar-refractivity contribution in [3.8, 4) is 0 Å². The lowest BCUT2D eigenvalue weighted by Gasteiger charge is -2.33. The van der Waals surface area contributed by atoms with E-state index in [4.69, 9.17) is 0 Å². The third-order valence-corrected chi connectivity index (χ3v) is 6.43. The average Bonchev–Trinajstić information content (AvgIpc) is 2.70. The van der Waals surface area contributed by atoms with Gasteiger partial charge in [-0.05, 0) is 50.1 Å². The van der Waals surface area contributed by atoms with Crippen LogP contribution in [0.4, 0.5) is 5.69 Å². The minimum Gasteiger partial charge on any atom is -0.336 e. The zero-order valence-corrected chi connectivity index (χ0v) is 16.4. The molecule has 0 unspecified atom stereocenters. The van der Waals surface area contributed by atoms with E-state index in [0.29, 0.717) is 17.8 Å². The van der Waals surface area contributed by atoms with Crippen molar-refractivity contribution < 1.29 is 13.2 Å². The van der Waals surface area contributed by atoms with Crippen LogP contribution in [-0.4, -0.2) is 31.8 Å². The Hall–Kier alpha value is -2.34. The van der Waals surface area contributed by atoms with Crippen molar-refractivity contribution >= 4 is 21.6 Å². The molecule has 6 heteroatoms. The summed E-state index contributed by atoms with van der Waals surface area (Å²) < 4.78 is 27.6. The number of hydrogen-bond donors (Lipinski definition) is 1. The highest BCUT2D eigenvalue weighted by Crippen LogP contribution is 2.25. The summed E-state index contributed by atoms with van der Waals surface area (Å²) in [5.41, 5.74) is 0.903. The summed E-state index contributed by atoms with van der Waals surface area (Å²) in [4.78, 5) is 15.1. The van der Waals surface area contributed by atoms with Gasteiger partial charge in [-0.3, -0.25) is 9.52 Å². The van der Waals surface area contributed by atoms with Crippen LogP contribution in [0.1, 0.15) is 49.4 Å². The van der Waals surface area contributed by atoms with E-state index in [-0.39, 0.29) is 16.8 Å². The predicted molar refractivity (Wildman–Crippen MR) is 107 cm³/mol. The molecule has 0 saturated heterocycles. The van der Waals surface area contributed by atoms with Crippen LogP contribution in [-0.2, 0) is 10.0 Å². The fourth-order valence-electron chi connectivity index (χ4n) is 3.66. The van der Waals surface area contributed by atoms with E-state index in [2.05, 4.69) is 4.72 Å². The number of nitrogens with one attached hydrogen (secondary N) is 1. The fraction of sp³-hybridized carbons (Fsp3) is 0.381. The molecule has 2 aromatic carbocycles. The lowest BCUT2D eigenvalue weighted by Crippen LogP contribution is -2.41. The van der Waals surface area contributed by atoms with Gasteiger partial charge in [0, 0.05) is 23.8 Å². The first-order valence-corrected chi connectivity index (χ1v) is 11.0. The zero-order chi connectivity index (χ0) is 19.3. The predicted octanol–water partition coefficient (Wildman–Crippen LogP) is 4.28. The van der Waals surface area contributed by atoms with Gasteiger partial charge in [-0.25, -0.2) is 8.42 Å². The van der Waals surface area contributed by atoms with Crippen LogP contribution in [0.25, 0.3) is 0 Å². The molecule has 1 N–H and O–H groups in total. The molecule has 144 valence electrons. The molecular weight excluding hydrogens is 360 g/mol. The molecule has 5 nitrogen and oxygen atoms in total. The summed E-state index contributed by atoms with van der Waals surface area (Å²) in [6, 6.07) is 15.2. The molecule has 0 spiro atoms. The first-order chi connectivity index (χ1) is 13.0. The number of sulfonamides is 1.